The maximum atomic E-state index is 12.9. The number of amides is 1. The van der Waals surface area contributed by atoms with Gasteiger partial charge in [0.25, 0.3) is 0 Å². The lowest BCUT2D eigenvalue weighted by molar-refractivity contribution is -0.137. The van der Waals surface area contributed by atoms with Crippen LogP contribution in [0.1, 0.15) is 51.2 Å². The van der Waals surface area contributed by atoms with Gasteiger partial charge in [-0.2, -0.15) is 21.6 Å². The number of alkyl halides is 3. The molecule has 0 saturated heterocycles. The third-order valence-corrected chi connectivity index (χ3v) is 6.08. The molecule has 31 heavy (non-hydrogen) atoms. The van der Waals surface area contributed by atoms with Crippen molar-refractivity contribution >= 4 is 16.0 Å². The molecule has 1 amide bonds. The van der Waals surface area contributed by atoms with Crippen molar-refractivity contribution in [2.75, 3.05) is 0 Å². The maximum Gasteiger partial charge on any atom is 0.416 e. The van der Waals surface area contributed by atoms with Crippen LogP contribution in [0, 0.1) is 0 Å². The van der Waals surface area contributed by atoms with Gasteiger partial charge in [-0.3, -0.25) is 4.79 Å². The number of halogens is 3. The van der Waals surface area contributed by atoms with Crippen molar-refractivity contribution in [2.24, 2.45) is 0 Å². The summed E-state index contributed by atoms with van der Waals surface area (Å²) in [4.78, 5) is 13.6. The Balaban J connectivity index is 2.17. The van der Waals surface area contributed by atoms with Crippen molar-refractivity contribution in [3.05, 3.63) is 59.7 Å². The van der Waals surface area contributed by atoms with E-state index in [9.17, 15) is 26.4 Å². The molecule has 0 aliphatic rings. The highest BCUT2D eigenvalue weighted by Gasteiger charge is 2.32. The first-order chi connectivity index (χ1) is 14.5. The Hall–Kier alpha value is -2.55. The van der Waals surface area contributed by atoms with Crippen molar-refractivity contribution in [3.8, 4) is 5.75 Å². The van der Waals surface area contributed by atoms with Gasteiger partial charge in [0, 0.05) is 19.0 Å². The van der Waals surface area contributed by atoms with E-state index >= 15 is 0 Å². The van der Waals surface area contributed by atoms with Crippen LogP contribution in [0.25, 0.3) is 0 Å². The van der Waals surface area contributed by atoms with Gasteiger partial charge in [0.05, 0.1) is 5.56 Å². The largest absolute Gasteiger partial charge is 0.416 e. The van der Waals surface area contributed by atoms with E-state index in [1.165, 1.54) is 12.1 Å². The molecule has 0 N–H and O–H groups in total. The summed E-state index contributed by atoms with van der Waals surface area (Å²) < 4.78 is 68.3. The Labute approximate surface area is 181 Å². The molecule has 0 fully saturated rings. The minimum Gasteiger partial charge on any atom is -0.379 e. The number of benzene rings is 2. The van der Waals surface area contributed by atoms with Crippen LogP contribution in [0.2, 0.25) is 0 Å². The van der Waals surface area contributed by atoms with Crippen molar-refractivity contribution < 1.29 is 30.6 Å². The summed E-state index contributed by atoms with van der Waals surface area (Å²) in [6.45, 7) is 6.26. The van der Waals surface area contributed by atoms with Gasteiger partial charge in [0.2, 0.25) is 5.91 Å². The summed E-state index contributed by atoms with van der Waals surface area (Å²) in [5.41, 5.74) is -0.289. The van der Waals surface area contributed by atoms with Crippen LogP contribution in [0.4, 0.5) is 13.2 Å². The number of carbonyl (C=O) groups is 1. The summed E-state index contributed by atoms with van der Waals surface area (Å²) in [5, 5.41) is 0. The highest BCUT2D eigenvalue weighted by Crippen LogP contribution is 2.31. The van der Waals surface area contributed by atoms with E-state index in [0.29, 0.717) is 19.0 Å². The predicted octanol–water partition coefficient (Wildman–Crippen LogP) is 5.40. The van der Waals surface area contributed by atoms with Crippen LogP contribution in [-0.4, -0.2) is 25.3 Å². The normalized spacial score (nSPS) is 13.0. The minimum absolute atomic E-state index is 0.0314. The fraction of sp³-hybridized carbons (Fsp3) is 0.409. The lowest BCUT2D eigenvalue weighted by Crippen LogP contribution is -2.37. The zero-order valence-electron chi connectivity index (χ0n) is 17.6. The SMILES string of the molecule is CCCC(=O)N(Cc1ccc(OS(=O)(=O)c2cccc(C(F)(F)F)c2)cc1)C(C)CC. The number of nitrogens with zero attached hydrogens (tertiary/aromatic N) is 1. The van der Waals surface area contributed by atoms with Crippen LogP contribution < -0.4 is 4.18 Å². The molecule has 0 spiro atoms. The van der Waals surface area contributed by atoms with E-state index < -0.39 is 26.8 Å². The van der Waals surface area contributed by atoms with Gasteiger partial charge in [-0.25, -0.2) is 0 Å². The second kappa shape index (κ2) is 10.2. The van der Waals surface area contributed by atoms with Gasteiger partial charge in [-0.15, -0.1) is 0 Å². The molecule has 2 aromatic rings. The second-order valence-electron chi connectivity index (χ2n) is 7.24. The van der Waals surface area contributed by atoms with Crippen molar-refractivity contribution in [1.29, 1.82) is 0 Å². The Bertz CT molecular complexity index is 989. The summed E-state index contributed by atoms with van der Waals surface area (Å²) in [7, 11) is -4.43. The van der Waals surface area contributed by atoms with Gasteiger partial charge >= 0.3 is 16.3 Å². The molecule has 1 atom stereocenters. The first kappa shape index (κ1) is 24.7. The highest BCUT2D eigenvalue weighted by molar-refractivity contribution is 7.87. The van der Waals surface area contributed by atoms with E-state index in [0.717, 1.165) is 36.6 Å². The summed E-state index contributed by atoms with van der Waals surface area (Å²) in [6, 6.07) is 9.53. The lowest BCUT2D eigenvalue weighted by atomic mass is 10.1. The fourth-order valence-corrected chi connectivity index (χ4v) is 3.89. The first-order valence-corrected chi connectivity index (χ1v) is 11.4. The molecule has 0 radical (unpaired) electrons. The smallest absolute Gasteiger partial charge is 0.379 e. The van der Waals surface area contributed by atoms with E-state index in [1.54, 1.807) is 17.0 Å². The van der Waals surface area contributed by atoms with Gasteiger partial charge < -0.3 is 9.08 Å². The van der Waals surface area contributed by atoms with Crippen LogP contribution >= 0.6 is 0 Å². The van der Waals surface area contributed by atoms with Crippen LogP contribution in [0.5, 0.6) is 5.75 Å². The topological polar surface area (TPSA) is 63.7 Å². The minimum atomic E-state index is -4.66. The van der Waals surface area contributed by atoms with Gasteiger partial charge in [-0.1, -0.05) is 32.0 Å². The molecule has 5 nitrogen and oxygen atoms in total. The van der Waals surface area contributed by atoms with Gasteiger partial charge in [0.15, 0.2) is 0 Å². The molecule has 2 aromatic carbocycles. The third-order valence-electron chi connectivity index (χ3n) is 4.84. The zero-order valence-corrected chi connectivity index (χ0v) is 18.5. The quantitative estimate of drug-likeness (QED) is 0.473. The molecule has 2 rings (SSSR count). The maximum absolute atomic E-state index is 12.9. The molecular weight excluding hydrogens is 431 g/mol. The van der Waals surface area contributed by atoms with Crippen LogP contribution in [0.15, 0.2) is 53.4 Å². The Morgan fingerprint density at radius 1 is 1.10 bits per heavy atom. The van der Waals surface area contributed by atoms with Crippen LogP contribution in [0.3, 0.4) is 0 Å². The Kier molecular flexibility index (Phi) is 8.11. The highest BCUT2D eigenvalue weighted by atomic mass is 32.2. The predicted molar refractivity (Wildman–Crippen MR) is 111 cm³/mol. The standard InChI is InChI=1S/C22H26F3NO4S/c1-4-7-21(27)26(16(3)5-2)15-17-10-12-19(13-11-17)30-31(28,29)20-9-6-8-18(14-20)22(23,24)25/h6,8-14,16H,4-5,7,15H2,1-3H3. The molecule has 0 heterocycles. The van der Waals surface area contributed by atoms with Gasteiger partial charge in [-0.05, 0) is 55.7 Å². The monoisotopic (exact) mass is 457 g/mol. The molecular formula is C22H26F3NO4S. The van der Waals surface area contributed by atoms with Gasteiger partial charge in [0.1, 0.15) is 10.6 Å². The number of rotatable bonds is 9. The Morgan fingerprint density at radius 2 is 1.74 bits per heavy atom. The molecule has 9 heteroatoms. The third kappa shape index (κ3) is 6.72. The number of hydrogen-bond acceptors (Lipinski definition) is 4. The van der Waals surface area contributed by atoms with E-state index in [4.69, 9.17) is 4.18 Å². The molecule has 0 aliphatic carbocycles. The van der Waals surface area contributed by atoms with Crippen LogP contribution in [-0.2, 0) is 27.6 Å². The molecule has 0 bridgehead atoms. The molecule has 0 saturated carbocycles. The molecule has 170 valence electrons. The van der Waals surface area contributed by atoms with E-state index in [2.05, 4.69) is 0 Å². The molecule has 0 aromatic heterocycles. The number of carbonyl (C=O) groups excluding carboxylic acids is 1. The Morgan fingerprint density at radius 3 is 2.29 bits per heavy atom. The second-order valence-corrected chi connectivity index (χ2v) is 8.78. The average molecular weight is 458 g/mol. The summed E-state index contributed by atoms with van der Waals surface area (Å²) >= 11 is 0. The number of hydrogen-bond donors (Lipinski definition) is 0. The van der Waals surface area contributed by atoms with Crippen molar-refractivity contribution in [1.82, 2.24) is 4.90 Å². The zero-order chi connectivity index (χ0) is 23.2. The average Bonchev–Trinajstić information content (AvgIpc) is 2.72. The van der Waals surface area contributed by atoms with Crippen molar-refractivity contribution in [3.63, 3.8) is 0 Å². The molecule has 1 unspecified atom stereocenters. The van der Waals surface area contributed by atoms with E-state index in [1.807, 2.05) is 20.8 Å². The lowest BCUT2D eigenvalue weighted by Gasteiger charge is -2.29. The van der Waals surface area contributed by atoms with E-state index in [-0.39, 0.29) is 17.7 Å². The fourth-order valence-electron chi connectivity index (χ4n) is 2.92. The summed E-state index contributed by atoms with van der Waals surface area (Å²) in [6.07, 6.45) is -2.68. The molecule has 0 aliphatic heterocycles. The van der Waals surface area contributed by atoms with Crippen molar-refractivity contribution in [2.45, 2.75) is 63.7 Å². The summed E-state index contributed by atoms with van der Waals surface area (Å²) in [5.74, 6) is 0.0143. The first-order valence-electron chi connectivity index (χ1n) is 9.98.